The van der Waals surface area contributed by atoms with Gasteiger partial charge in [-0.15, -0.1) is 0 Å². The lowest BCUT2D eigenvalue weighted by atomic mass is 10.1. The molecule has 0 aliphatic carbocycles. The van der Waals surface area contributed by atoms with E-state index in [0.29, 0.717) is 15.1 Å². The summed E-state index contributed by atoms with van der Waals surface area (Å²) < 4.78 is 0. The van der Waals surface area contributed by atoms with Crippen LogP contribution in [0.15, 0.2) is 41.5 Å². The van der Waals surface area contributed by atoms with Gasteiger partial charge in [0.25, 0.3) is 0 Å². The maximum atomic E-state index is 6.15. The minimum atomic E-state index is 0.148. The van der Waals surface area contributed by atoms with Crippen LogP contribution in [0.25, 0.3) is 0 Å². The summed E-state index contributed by atoms with van der Waals surface area (Å²) in [5, 5.41) is 11.6. The maximum Gasteiger partial charge on any atom is 0.0672 e. The van der Waals surface area contributed by atoms with Gasteiger partial charge in [-0.05, 0) is 57.2 Å². The number of anilines is 2. The second-order valence-electron chi connectivity index (χ2n) is 5.66. The summed E-state index contributed by atoms with van der Waals surface area (Å²) >= 11 is 18.3. The van der Waals surface area contributed by atoms with Crippen molar-refractivity contribution in [1.82, 2.24) is 0 Å². The van der Waals surface area contributed by atoms with Crippen molar-refractivity contribution in [2.75, 3.05) is 17.4 Å². The molecule has 0 spiro atoms. The standard InChI is InChI=1S/C18H20Cl3N3/c1-11(2)24(14-6-7-16(20)17(21)10-14)23-12(3)15-9-13(19)5-8-18(15)22-4/h5-11,22H,1-4H3/b23-12+. The van der Waals surface area contributed by atoms with Crippen LogP contribution in [0.1, 0.15) is 26.3 Å². The number of hydrazone groups is 1. The van der Waals surface area contributed by atoms with Gasteiger partial charge < -0.3 is 5.32 Å². The van der Waals surface area contributed by atoms with Gasteiger partial charge in [-0.1, -0.05) is 34.8 Å². The Morgan fingerprint density at radius 1 is 1.04 bits per heavy atom. The van der Waals surface area contributed by atoms with E-state index < -0.39 is 0 Å². The normalized spacial score (nSPS) is 11.8. The third kappa shape index (κ3) is 4.35. The number of rotatable bonds is 5. The lowest BCUT2D eigenvalue weighted by Crippen LogP contribution is -2.26. The van der Waals surface area contributed by atoms with Crippen molar-refractivity contribution < 1.29 is 0 Å². The molecule has 2 rings (SSSR count). The predicted molar refractivity (Wildman–Crippen MR) is 107 cm³/mol. The SMILES string of the molecule is CNc1ccc(Cl)cc1/C(C)=N/N(c1ccc(Cl)c(Cl)c1)C(C)C. The summed E-state index contributed by atoms with van der Waals surface area (Å²) in [7, 11) is 1.87. The second kappa shape index (κ2) is 8.11. The van der Waals surface area contributed by atoms with Crippen LogP contribution in [0.2, 0.25) is 15.1 Å². The fourth-order valence-electron chi connectivity index (χ4n) is 2.35. The third-order valence-corrected chi connectivity index (χ3v) is 4.53. The second-order valence-corrected chi connectivity index (χ2v) is 6.91. The summed E-state index contributed by atoms with van der Waals surface area (Å²) in [6, 6.07) is 11.3. The van der Waals surface area contributed by atoms with E-state index in [-0.39, 0.29) is 6.04 Å². The summed E-state index contributed by atoms with van der Waals surface area (Å²) in [5.74, 6) is 0. The van der Waals surface area contributed by atoms with Gasteiger partial charge in [0.05, 0.1) is 21.4 Å². The van der Waals surface area contributed by atoms with E-state index in [2.05, 4.69) is 19.2 Å². The monoisotopic (exact) mass is 383 g/mol. The highest BCUT2D eigenvalue weighted by atomic mass is 35.5. The summed E-state index contributed by atoms with van der Waals surface area (Å²) in [6.45, 7) is 6.09. The Morgan fingerprint density at radius 2 is 1.75 bits per heavy atom. The molecule has 0 aromatic heterocycles. The van der Waals surface area contributed by atoms with Crippen molar-refractivity contribution in [2.24, 2.45) is 5.10 Å². The molecule has 0 atom stereocenters. The average molecular weight is 385 g/mol. The first-order valence-electron chi connectivity index (χ1n) is 7.60. The van der Waals surface area contributed by atoms with Gasteiger partial charge in [-0.25, -0.2) is 0 Å². The van der Waals surface area contributed by atoms with Crippen LogP contribution in [-0.2, 0) is 0 Å². The van der Waals surface area contributed by atoms with E-state index in [1.807, 2.05) is 49.3 Å². The lowest BCUT2D eigenvalue weighted by molar-refractivity contribution is 0.713. The first-order valence-corrected chi connectivity index (χ1v) is 8.74. The van der Waals surface area contributed by atoms with Crippen molar-refractivity contribution in [3.8, 4) is 0 Å². The molecule has 0 fully saturated rings. The molecule has 0 radical (unpaired) electrons. The van der Waals surface area contributed by atoms with Crippen LogP contribution in [0.5, 0.6) is 0 Å². The van der Waals surface area contributed by atoms with Crippen molar-refractivity contribution in [3.63, 3.8) is 0 Å². The minimum Gasteiger partial charge on any atom is -0.388 e. The molecule has 0 heterocycles. The fraction of sp³-hybridized carbons (Fsp3) is 0.278. The van der Waals surface area contributed by atoms with Crippen LogP contribution < -0.4 is 10.3 Å². The zero-order valence-corrected chi connectivity index (χ0v) is 16.3. The first kappa shape index (κ1) is 18.9. The molecular weight excluding hydrogens is 365 g/mol. The number of hydrogen-bond donors (Lipinski definition) is 1. The van der Waals surface area contributed by atoms with Gasteiger partial charge in [0.15, 0.2) is 0 Å². The maximum absolute atomic E-state index is 6.15. The molecule has 0 bridgehead atoms. The van der Waals surface area contributed by atoms with E-state index >= 15 is 0 Å². The highest BCUT2D eigenvalue weighted by molar-refractivity contribution is 6.42. The van der Waals surface area contributed by atoms with Gasteiger partial charge in [0.2, 0.25) is 0 Å². The molecule has 2 aromatic rings. The van der Waals surface area contributed by atoms with E-state index in [4.69, 9.17) is 39.9 Å². The van der Waals surface area contributed by atoms with E-state index in [1.54, 1.807) is 6.07 Å². The Bertz CT molecular complexity index is 757. The largest absolute Gasteiger partial charge is 0.388 e. The number of halogens is 3. The topological polar surface area (TPSA) is 27.6 Å². The van der Waals surface area contributed by atoms with Crippen LogP contribution >= 0.6 is 34.8 Å². The summed E-state index contributed by atoms with van der Waals surface area (Å²) in [5.41, 5.74) is 3.66. The van der Waals surface area contributed by atoms with Crippen LogP contribution in [0.4, 0.5) is 11.4 Å². The molecule has 2 aromatic carbocycles. The smallest absolute Gasteiger partial charge is 0.0672 e. The zero-order chi connectivity index (χ0) is 17.9. The van der Waals surface area contributed by atoms with Gasteiger partial charge in [-0.3, -0.25) is 5.01 Å². The molecule has 24 heavy (non-hydrogen) atoms. The molecule has 0 saturated carbocycles. The number of nitrogens with one attached hydrogen (secondary N) is 1. The van der Waals surface area contributed by atoms with Crippen LogP contribution in [-0.4, -0.2) is 18.8 Å². The molecule has 0 unspecified atom stereocenters. The van der Waals surface area contributed by atoms with Crippen molar-refractivity contribution in [3.05, 3.63) is 57.0 Å². The summed E-state index contributed by atoms with van der Waals surface area (Å²) in [4.78, 5) is 0. The lowest BCUT2D eigenvalue weighted by Gasteiger charge is -2.25. The van der Waals surface area contributed by atoms with Gasteiger partial charge >= 0.3 is 0 Å². The fourth-order valence-corrected chi connectivity index (χ4v) is 2.81. The Kier molecular flexibility index (Phi) is 6.39. The molecule has 1 N–H and O–H groups in total. The van der Waals surface area contributed by atoms with Crippen LogP contribution in [0, 0.1) is 0 Å². The quantitative estimate of drug-likeness (QED) is 0.482. The minimum absolute atomic E-state index is 0.148. The Morgan fingerprint density at radius 3 is 2.33 bits per heavy atom. The van der Waals surface area contributed by atoms with Gasteiger partial charge in [-0.2, -0.15) is 5.10 Å². The Labute approximate surface area is 158 Å². The van der Waals surface area contributed by atoms with E-state index in [0.717, 1.165) is 22.6 Å². The van der Waals surface area contributed by atoms with E-state index in [1.165, 1.54) is 0 Å². The highest BCUT2D eigenvalue weighted by Gasteiger charge is 2.14. The van der Waals surface area contributed by atoms with Crippen molar-refractivity contribution >= 4 is 51.9 Å². The third-order valence-electron chi connectivity index (χ3n) is 3.56. The van der Waals surface area contributed by atoms with Gasteiger partial charge in [0.1, 0.15) is 0 Å². The molecule has 3 nitrogen and oxygen atoms in total. The highest BCUT2D eigenvalue weighted by Crippen LogP contribution is 2.29. The van der Waals surface area contributed by atoms with Crippen LogP contribution in [0.3, 0.4) is 0 Å². The van der Waals surface area contributed by atoms with Crippen molar-refractivity contribution in [1.29, 1.82) is 0 Å². The summed E-state index contributed by atoms with van der Waals surface area (Å²) in [6.07, 6.45) is 0. The molecule has 0 aliphatic heterocycles. The van der Waals surface area contributed by atoms with Crippen molar-refractivity contribution in [2.45, 2.75) is 26.8 Å². The zero-order valence-electron chi connectivity index (χ0n) is 14.1. The molecule has 6 heteroatoms. The molecule has 0 saturated heterocycles. The molecular formula is C18H20Cl3N3. The number of benzene rings is 2. The van der Waals surface area contributed by atoms with E-state index in [9.17, 15) is 0 Å². The Hall–Kier alpha value is -1.42. The van der Waals surface area contributed by atoms with Gasteiger partial charge in [0, 0.05) is 29.4 Å². The Balaban J connectivity index is 2.47. The molecule has 0 aliphatic rings. The molecule has 0 amide bonds. The number of nitrogens with zero attached hydrogens (tertiary/aromatic N) is 2. The predicted octanol–water partition coefficient (Wildman–Crippen LogP) is 6.33. The molecule has 128 valence electrons. The number of hydrogen-bond acceptors (Lipinski definition) is 3. The average Bonchev–Trinajstić information content (AvgIpc) is 2.54. The first-order chi connectivity index (χ1) is 11.3.